The fourth-order valence-corrected chi connectivity index (χ4v) is 2.85. The van der Waals surface area contributed by atoms with Crippen LogP contribution in [-0.4, -0.2) is 30.4 Å². The fourth-order valence-electron chi connectivity index (χ4n) is 2.85. The van der Waals surface area contributed by atoms with Gasteiger partial charge in [-0.3, -0.25) is 9.69 Å². The Labute approximate surface area is 114 Å². The van der Waals surface area contributed by atoms with Crippen molar-refractivity contribution >= 4 is 5.91 Å². The van der Waals surface area contributed by atoms with Crippen molar-refractivity contribution in [1.29, 1.82) is 0 Å². The highest BCUT2D eigenvalue weighted by Crippen LogP contribution is 2.20. The summed E-state index contributed by atoms with van der Waals surface area (Å²) in [6.45, 7) is 3.90. The first-order valence-corrected chi connectivity index (χ1v) is 7.00. The summed E-state index contributed by atoms with van der Waals surface area (Å²) < 4.78 is 0. The lowest BCUT2D eigenvalue weighted by Gasteiger charge is -2.32. The van der Waals surface area contributed by atoms with Gasteiger partial charge in [-0.25, -0.2) is 0 Å². The van der Waals surface area contributed by atoms with Crippen LogP contribution in [0, 0.1) is 5.92 Å². The summed E-state index contributed by atoms with van der Waals surface area (Å²) in [7, 11) is 0. The molecule has 1 unspecified atom stereocenters. The molecular weight excluding hydrogens is 238 g/mol. The maximum Gasteiger partial charge on any atom is 0.248 e. The topological polar surface area (TPSA) is 72.3 Å². The number of benzene rings is 1. The normalized spacial score (nSPS) is 20.4. The molecule has 1 fully saturated rings. The van der Waals surface area contributed by atoms with Gasteiger partial charge in [-0.05, 0) is 56.0 Å². The third-order valence-corrected chi connectivity index (χ3v) is 3.80. The zero-order valence-corrected chi connectivity index (χ0v) is 11.3. The van der Waals surface area contributed by atoms with Crippen molar-refractivity contribution in [2.24, 2.45) is 17.4 Å². The molecule has 1 atom stereocenters. The number of nitrogens with two attached hydrogens (primary N) is 2. The quantitative estimate of drug-likeness (QED) is 0.840. The van der Waals surface area contributed by atoms with E-state index in [1.807, 2.05) is 12.1 Å². The number of rotatable bonds is 5. The van der Waals surface area contributed by atoms with E-state index in [-0.39, 0.29) is 5.91 Å². The summed E-state index contributed by atoms with van der Waals surface area (Å²) in [6.07, 6.45) is 3.63. The SMILES string of the molecule is NCCC1CCCN(Cc2cccc(C(N)=O)c2)C1. The largest absolute Gasteiger partial charge is 0.366 e. The van der Waals surface area contributed by atoms with Crippen LogP contribution in [0.25, 0.3) is 0 Å². The Morgan fingerprint density at radius 2 is 2.26 bits per heavy atom. The lowest BCUT2D eigenvalue weighted by molar-refractivity contribution is 0.1000. The van der Waals surface area contributed by atoms with Gasteiger partial charge < -0.3 is 11.5 Å². The van der Waals surface area contributed by atoms with E-state index in [9.17, 15) is 4.79 Å². The molecule has 1 heterocycles. The lowest BCUT2D eigenvalue weighted by Crippen LogP contribution is -2.35. The van der Waals surface area contributed by atoms with Crippen LogP contribution in [-0.2, 0) is 6.54 Å². The van der Waals surface area contributed by atoms with Crippen LogP contribution < -0.4 is 11.5 Å². The molecule has 1 aromatic carbocycles. The van der Waals surface area contributed by atoms with Gasteiger partial charge >= 0.3 is 0 Å². The van der Waals surface area contributed by atoms with Crippen LogP contribution in [0.3, 0.4) is 0 Å². The summed E-state index contributed by atoms with van der Waals surface area (Å²) in [5.41, 5.74) is 12.7. The van der Waals surface area contributed by atoms with Gasteiger partial charge in [0.25, 0.3) is 0 Å². The number of likely N-dealkylation sites (tertiary alicyclic amines) is 1. The van der Waals surface area contributed by atoms with Gasteiger partial charge in [-0.2, -0.15) is 0 Å². The van der Waals surface area contributed by atoms with Gasteiger partial charge in [-0.1, -0.05) is 12.1 Å². The first-order chi connectivity index (χ1) is 9.19. The second-order valence-corrected chi connectivity index (χ2v) is 5.39. The smallest absolute Gasteiger partial charge is 0.248 e. The van der Waals surface area contributed by atoms with Crippen molar-refractivity contribution in [1.82, 2.24) is 4.90 Å². The summed E-state index contributed by atoms with van der Waals surface area (Å²) in [4.78, 5) is 13.6. The molecule has 1 aliphatic heterocycles. The molecule has 0 aromatic heterocycles. The molecule has 1 amide bonds. The Hall–Kier alpha value is -1.39. The minimum atomic E-state index is -0.360. The third kappa shape index (κ3) is 4.04. The Kier molecular flexibility index (Phi) is 4.93. The zero-order chi connectivity index (χ0) is 13.7. The first-order valence-electron chi connectivity index (χ1n) is 7.00. The summed E-state index contributed by atoms with van der Waals surface area (Å²) >= 11 is 0. The number of carbonyl (C=O) groups is 1. The van der Waals surface area contributed by atoms with Gasteiger partial charge in [0.1, 0.15) is 0 Å². The number of amides is 1. The fraction of sp³-hybridized carbons (Fsp3) is 0.533. The van der Waals surface area contributed by atoms with E-state index < -0.39 is 0 Å². The van der Waals surface area contributed by atoms with Gasteiger partial charge in [0.05, 0.1) is 0 Å². The van der Waals surface area contributed by atoms with Crippen molar-refractivity contribution in [3.05, 3.63) is 35.4 Å². The van der Waals surface area contributed by atoms with E-state index in [4.69, 9.17) is 11.5 Å². The van der Waals surface area contributed by atoms with Gasteiger partial charge in [0.2, 0.25) is 5.91 Å². The van der Waals surface area contributed by atoms with E-state index in [1.165, 1.54) is 12.8 Å². The minimum Gasteiger partial charge on any atom is -0.366 e. The number of nitrogens with zero attached hydrogens (tertiary/aromatic N) is 1. The molecule has 2 rings (SSSR count). The van der Waals surface area contributed by atoms with Crippen LogP contribution in [0.5, 0.6) is 0 Å². The number of hydrogen-bond acceptors (Lipinski definition) is 3. The molecule has 1 saturated heterocycles. The predicted molar refractivity (Wildman–Crippen MR) is 76.6 cm³/mol. The second kappa shape index (κ2) is 6.68. The van der Waals surface area contributed by atoms with E-state index in [0.717, 1.165) is 44.1 Å². The van der Waals surface area contributed by atoms with Crippen LogP contribution in [0.4, 0.5) is 0 Å². The van der Waals surface area contributed by atoms with Gasteiger partial charge in [-0.15, -0.1) is 0 Å². The molecule has 0 spiro atoms. The van der Waals surface area contributed by atoms with E-state index in [0.29, 0.717) is 5.56 Å². The monoisotopic (exact) mass is 261 g/mol. The molecule has 0 aliphatic carbocycles. The molecular formula is C15H23N3O. The van der Waals surface area contributed by atoms with Crippen LogP contribution >= 0.6 is 0 Å². The Balaban J connectivity index is 1.96. The average Bonchev–Trinajstić information content (AvgIpc) is 2.40. The van der Waals surface area contributed by atoms with Crippen molar-refractivity contribution in [3.63, 3.8) is 0 Å². The number of primary amides is 1. The van der Waals surface area contributed by atoms with Crippen LogP contribution in [0.15, 0.2) is 24.3 Å². The number of carbonyl (C=O) groups excluding carboxylic acids is 1. The molecule has 19 heavy (non-hydrogen) atoms. The number of piperidine rings is 1. The van der Waals surface area contributed by atoms with Gasteiger partial charge in [0, 0.05) is 18.7 Å². The highest BCUT2D eigenvalue weighted by Gasteiger charge is 2.19. The summed E-state index contributed by atoms with van der Waals surface area (Å²) in [6, 6.07) is 7.61. The Morgan fingerprint density at radius 3 is 3.00 bits per heavy atom. The first kappa shape index (κ1) is 14.0. The highest BCUT2D eigenvalue weighted by atomic mass is 16.1. The Bertz CT molecular complexity index is 431. The zero-order valence-electron chi connectivity index (χ0n) is 11.3. The summed E-state index contributed by atoms with van der Waals surface area (Å²) in [5.74, 6) is 0.361. The van der Waals surface area contributed by atoms with Crippen molar-refractivity contribution < 1.29 is 4.79 Å². The molecule has 0 radical (unpaired) electrons. The van der Waals surface area contributed by atoms with Crippen LogP contribution in [0.2, 0.25) is 0 Å². The van der Waals surface area contributed by atoms with Crippen LogP contribution in [0.1, 0.15) is 35.2 Å². The standard InChI is InChI=1S/C15H23N3O/c16-7-6-12-4-2-8-18(10-12)11-13-3-1-5-14(9-13)15(17)19/h1,3,5,9,12H,2,4,6-8,10-11,16H2,(H2,17,19). The van der Waals surface area contributed by atoms with Gasteiger partial charge in [0.15, 0.2) is 0 Å². The predicted octanol–water partition coefficient (Wildman–Crippen LogP) is 1.35. The summed E-state index contributed by atoms with van der Waals surface area (Å²) in [5, 5.41) is 0. The van der Waals surface area contributed by atoms with Crippen molar-refractivity contribution in [3.8, 4) is 0 Å². The minimum absolute atomic E-state index is 0.360. The Morgan fingerprint density at radius 1 is 1.42 bits per heavy atom. The maximum atomic E-state index is 11.2. The molecule has 1 aliphatic rings. The van der Waals surface area contributed by atoms with Crippen molar-refractivity contribution in [2.75, 3.05) is 19.6 Å². The lowest BCUT2D eigenvalue weighted by atomic mass is 9.94. The van der Waals surface area contributed by atoms with E-state index in [1.54, 1.807) is 6.07 Å². The molecule has 4 nitrogen and oxygen atoms in total. The molecule has 0 bridgehead atoms. The molecule has 104 valence electrons. The molecule has 4 N–H and O–H groups in total. The average molecular weight is 261 g/mol. The van der Waals surface area contributed by atoms with Crippen molar-refractivity contribution in [2.45, 2.75) is 25.8 Å². The molecule has 0 saturated carbocycles. The second-order valence-electron chi connectivity index (χ2n) is 5.39. The maximum absolute atomic E-state index is 11.2. The molecule has 1 aromatic rings. The highest BCUT2D eigenvalue weighted by molar-refractivity contribution is 5.92. The number of hydrogen-bond donors (Lipinski definition) is 2. The van der Waals surface area contributed by atoms with E-state index in [2.05, 4.69) is 11.0 Å². The third-order valence-electron chi connectivity index (χ3n) is 3.80. The van der Waals surface area contributed by atoms with E-state index >= 15 is 0 Å². The molecule has 4 heteroatoms.